The molecule has 1 rings (SSSR count). The topological polar surface area (TPSA) is 17.1 Å². The molecule has 0 saturated heterocycles. The quantitative estimate of drug-likeness (QED) is 0.822. The fraction of sp³-hybridized carbons (Fsp3) is 0.222. The summed E-state index contributed by atoms with van der Waals surface area (Å²) < 4.78 is 37.2. The summed E-state index contributed by atoms with van der Waals surface area (Å²) in [4.78, 5) is 10.6. The standard InChI is InChI=1S/C9H6BrF3O/c10-6-2-1-5(7(11)4-6)3-8(14)9(12)13/h1-2,4,9H,3H2. The number of hydrogen-bond acceptors (Lipinski definition) is 1. The zero-order chi connectivity index (χ0) is 10.7. The first-order valence-electron chi connectivity index (χ1n) is 3.75. The monoisotopic (exact) mass is 266 g/mol. The Labute approximate surface area is 87.1 Å². The summed E-state index contributed by atoms with van der Waals surface area (Å²) in [5.41, 5.74) is -0.0153. The van der Waals surface area contributed by atoms with E-state index in [0.29, 0.717) is 4.47 Å². The van der Waals surface area contributed by atoms with Crippen LogP contribution in [0.2, 0.25) is 0 Å². The highest BCUT2D eigenvalue weighted by Crippen LogP contribution is 2.16. The summed E-state index contributed by atoms with van der Waals surface area (Å²) >= 11 is 3.02. The molecular weight excluding hydrogens is 261 g/mol. The maximum atomic E-state index is 13.0. The lowest BCUT2D eigenvalue weighted by Gasteiger charge is -2.02. The number of halogens is 4. The molecule has 1 nitrogen and oxygen atoms in total. The molecule has 1 aromatic carbocycles. The van der Waals surface area contributed by atoms with E-state index in [-0.39, 0.29) is 5.56 Å². The van der Waals surface area contributed by atoms with E-state index >= 15 is 0 Å². The maximum Gasteiger partial charge on any atom is 0.296 e. The molecule has 14 heavy (non-hydrogen) atoms. The molecule has 1 aromatic rings. The van der Waals surface area contributed by atoms with E-state index in [4.69, 9.17) is 0 Å². The van der Waals surface area contributed by atoms with Crippen molar-refractivity contribution in [2.24, 2.45) is 0 Å². The molecule has 0 aliphatic rings. The van der Waals surface area contributed by atoms with Crippen LogP contribution in [-0.2, 0) is 11.2 Å². The highest BCUT2D eigenvalue weighted by Gasteiger charge is 2.17. The zero-order valence-electron chi connectivity index (χ0n) is 6.94. The molecule has 0 aromatic heterocycles. The maximum absolute atomic E-state index is 13.0. The van der Waals surface area contributed by atoms with Crippen LogP contribution in [0.25, 0.3) is 0 Å². The average Bonchev–Trinajstić information content (AvgIpc) is 2.09. The van der Waals surface area contributed by atoms with E-state index < -0.39 is 24.4 Å². The second kappa shape index (κ2) is 4.59. The smallest absolute Gasteiger partial charge is 0.293 e. The van der Waals surface area contributed by atoms with Gasteiger partial charge in [0.2, 0.25) is 5.78 Å². The predicted molar refractivity (Wildman–Crippen MR) is 48.8 cm³/mol. The van der Waals surface area contributed by atoms with Gasteiger partial charge in [0.05, 0.1) is 0 Å². The van der Waals surface area contributed by atoms with Crippen molar-refractivity contribution in [3.63, 3.8) is 0 Å². The fourth-order valence-corrected chi connectivity index (χ4v) is 1.26. The Morgan fingerprint density at radius 1 is 1.43 bits per heavy atom. The molecule has 5 heteroatoms. The number of ketones is 1. The number of benzene rings is 1. The average molecular weight is 267 g/mol. The van der Waals surface area contributed by atoms with Crippen LogP contribution in [0, 0.1) is 5.82 Å². The molecule has 0 aliphatic carbocycles. The van der Waals surface area contributed by atoms with E-state index in [1.54, 1.807) is 0 Å². The van der Waals surface area contributed by atoms with E-state index in [1.807, 2.05) is 0 Å². The van der Waals surface area contributed by atoms with Crippen molar-refractivity contribution in [3.05, 3.63) is 34.1 Å². The van der Waals surface area contributed by atoms with Crippen LogP contribution in [-0.4, -0.2) is 12.2 Å². The first-order chi connectivity index (χ1) is 6.50. The van der Waals surface area contributed by atoms with Gasteiger partial charge in [-0.25, -0.2) is 13.2 Å². The Kier molecular flexibility index (Phi) is 3.69. The van der Waals surface area contributed by atoms with Crippen molar-refractivity contribution in [2.75, 3.05) is 0 Å². The van der Waals surface area contributed by atoms with E-state index in [1.165, 1.54) is 12.1 Å². The van der Waals surface area contributed by atoms with Crippen molar-refractivity contribution >= 4 is 21.7 Å². The summed E-state index contributed by atoms with van der Waals surface area (Å²) in [7, 11) is 0. The van der Waals surface area contributed by atoms with Crippen LogP contribution in [0.5, 0.6) is 0 Å². The molecule has 0 spiro atoms. The minimum atomic E-state index is -3.04. The Bertz CT molecular complexity index is 352. The van der Waals surface area contributed by atoms with Crippen LogP contribution >= 0.6 is 15.9 Å². The molecule has 0 bridgehead atoms. The van der Waals surface area contributed by atoms with Gasteiger partial charge in [0, 0.05) is 10.9 Å². The minimum absolute atomic E-state index is 0.0153. The van der Waals surface area contributed by atoms with Crippen molar-refractivity contribution in [2.45, 2.75) is 12.8 Å². The van der Waals surface area contributed by atoms with E-state index in [0.717, 1.165) is 6.07 Å². The van der Waals surface area contributed by atoms with Gasteiger partial charge < -0.3 is 0 Å². The molecule has 0 atom stereocenters. The number of carbonyl (C=O) groups is 1. The molecule has 76 valence electrons. The lowest BCUT2D eigenvalue weighted by molar-refractivity contribution is -0.128. The number of Topliss-reactive ketones (excluding diaryl/α,β-unsaturated/α-hetero) is 1. The third-order valence-electron chi connectivity index (χ3n) is 1.62. The van der Waals surface area contributed by atoms with Crippen molar-refractivity contribution in [1.29, 1.82) is 0 Å². The lowest BCUT2D eigenvalue weighted by atomic mass is 10.1. The Morgan fingerprint density at radius 3 is 2.57 bits per heavy atom. The van der Waals surface area contributed by atoms with E-state index in [9.17, 15) is 18.0 Å². The second-order valence-electron chi connectivity index (χ2n) is 2.68. The molecule has 0 saturated carbocycles. The lowest BCUT2D eigenvalue weighted by Crippen LogP contribution is -2.13. The van der Waals surface area contributed by atoms with Crippen LogP contribution in [0.3, 0.4) is 0 Å². The summed E-state index contributed by atoms with van der Waals surface area (Å²) in [5.74, 6) is -1.93. The molecule has 0 radical (unpaired) electrons. The molecular formula is C9H6BrF3O. The van der Waals surface area contributed by atoms with E-state index in [2.05, 4.69) is 15.9 Å². The molecule has 0 N–H and O–H groups in total. The fourth-order valence-electron chi connectivity index (χ4n) is 0.930. The molecule has 0 aliphatic heterocycles. The normalized spacial score (nSPS) is 10.6. The Hall–Kier alpha value is -0.840. The second-order valence-corrected chi connectivity index (χ2v) is 3.60. The van der Waals surface area contributed by atoms with Crippen molar-refractivity contribution < 1.29 is 18.0 Å². The van der Waals surface area contributed by atoms with Gasteiger partial charge in [-0.05, 0) is 17.7 Å². The van der Waals surface area contributed by atoms with Crippen LogP contribution in [0.15, 0.2) is 22.7 Å². The Balaban J connectivity index is 2.82. The first-order valence-corrected chi connectivity index (χ1v) is 4.55. The van der Waals surface area contributed by atoms with Gasteiger partial charge in [0.15, 0.2) is 0 Å². The number of alkyl halides is 2. The van der Waals surface area contributed by atoms with Crippen molar-refractivity contribution in [1.82, 2.24) is 0 Å². The Morgan fingerprint density at radius 2 is 2.07 bits per heavy atom. The minimum Gasteiger partial charge on any atom is -0.293 e. The van der Waals surface area contributed by atoms with Crippen LogP contribution in [0.4, 0.5) is 13.2 Å². The van der Waals surface area contributed by atoms with Gasteiger partial charge in [-0.2, -0.15) is 0 Å². The van der Waals surface area contributed by atoms with Gasteiger partial charge in [-0.15, -0.1) is 0 Å². The molecule has 0 fully saturated rings. The van der Waals surface area contributed by atoms with Crippen molar-refractivity contribution in [3.8, 4) is 0 Å². The molecule has 0 amide bonds. The van der Waals surface area contributed by atoms with Gasteiger partial charge in [0.25, 0.3) is 6.43 Å². The van der Waals surface area contributed by atoms with Gasteiger partial charge in [-0.1, -0.05) is 22.0 Å². The van der Waals surface area contributed by atoms with Gasteiger partial charge >= 0.3 is 0 Å². The first kappa shape index (κ1) is 11.2. The molecule has 0 heterocycles. The third kappa shape index (κ3) is 2.83. The number of hydrogen-bond donors (Lipinski definition) is 0. The zero-order valence-corrected chi connectivity index (χ0v) is 8.52. The summed E-state index contributed by atoms with van der Waals surface area (Å²) in [6, 6.07) is 3.94. The largest absolute Gasteiger partial charge is 0.296 e. The van der Waals surface area contributed by atoms with Gasteiger partial charge in [0.1, 0.15) is 5.82 Å². The SMILES string of the molecule is O=C(Cc1ccc(Br)cc1F)C(F)F. The number of carbonyl (C=O) groups excluding carboxylic acids is 1. The number of rotatable bonds is 3. The molecule has 0 unspecified atom stereocenters. The summed E-state index contributed by atoms with van der Waals surface area (Å²) in [6.07, 6.45) is -3.62. The van der Waals surface area contributed by atoms with Gasteiger partial charge in [-0.3, -0.25) is 4.79 Å². The third-order valence-corrected chi connectivity index (χ3v) is 2.12. The van der Waals surface area contributed by atoms with Crippen LogP contribution in [0.1, 0.15) is 5.56 Å². The summed E-state index contributed by atoms with van der Waals surface area (Å²) in [5, 5.41) is 0. The highest BCUT2D eigenvalue weighted by molar-refractivity contribution is 9.10. The highest BCUT2D eigenvalue weighted by atomic mass is 79.9. The van der Waals surface area contributed by atoms with Crippen LogP contribution < -0.4 is 0 Å². The predicted octanol–water partition coefficient (Wildman–Crippen LogP) is 2.96. The summed E-state index contributed by atoms with van der Waals surface area (Å²) in [6.45, 7) is 0.